The van der Waals surface area contributed by atoms with E-state index in [0.29, 0.717) is 5.13 Å². The zero-order valence-corrected chi connectivity index (χ0v) is 18.6. The lowest BCUT2D eigenvalue weighted by molar-refractivity contribution is -0.387. The lowest BCUT2D eigenvalue weighted by atomic mass is 9.90. The first-order chi connectivity index (χ1) is 15.4. The molecule has 3 aromatic rings. The van der Waals surface area contributed by atoms with Gasteiger partial charge in [-0.3, -0.25) is 19.7 Å². The summed E-state index contributed by atoms with van der Waals surface area (Å²) in [6.45, 7) is 0. The molecule has 0 spiro atoms. The quantitative estimate of drug-likeness (QED) is 0.300. The maximum atomic E-state index is 12.4. The Kier molecular flexibility index (Phi) is 6.52. The second-order valence-corrected chi connectivity index (χ2v) is 9.24. The Balaban J connectivity index is 1.40. The Hall–Kier alpha value is -3.24. The van der Waals surface area contributed by atoms with Crippen LogP contribution in [0.1, 0.15) is 34.3 Å². The van der Waals surface area contributed by atoms with Crippen molar-refractivity contribution in [1.82, 2.24) is 4.98 Å². The van der Waals surface area contributed by atoms with Crippen LogP contribution in [0, 0.1) is 10.1 Å². The van der Waals surface area contributed by atoms with Gasteiger partial charge in [0.05, 0.1) is 21.3 Å². The fourth-order valence-electron chi connectivity index (χ4n) is 3.59. The largest absolute Gasteiger partial charge is 0.366 e. The Bertz CT molecular complexity index is 1210. The van der Waals surface area contributed by atoms with E-state index in [1.54, 1.807) is 0 Å². The van der Waals surface area contributed by atoms with E-state index in [2.05, 4.69) is 28.5 Å². The highest BCUT2D eigenvalue weighted by Crippen LogP contribution is 2.32. The van der Waals surface area contributed by atoms with Crippen molar-refractivity contribution >= 4 is 45.7 Å². The van der Waals surface area contributed by atoms with E-state index >= 15 is 0 Å². The van der Waals surface area contributed by atoms with Gasteiger partial charge in [-0.2, -0.15) is 0 Å². The lowest BCUT2D eigenvalue weighted by Crippen LogP contribution is -2.14. The number of rotatable bonds is 7. The molecule has 1 aliphatic carbocycles. The molecule has 3 N–H and O–H groups in total. The normalized spacial score (nSPS) is 12.8. The number of nitro groups is 1. The van der Waals surface area contributed by atoms with Crippen molar-refractivity contribution in [2.24, 2.45) is 5.73 Å². The van der Waals surface area contributed by atoms with Gasteiger partial charge < -0.3 is 11.1 Å². The van der Waals surface area contributed by atoms with E-state index in [0.717, 1.165) is 41.9 Å². The van der Waals surface area contributed by atoms with E-state index in [1.807, 2.05) is 5.38 Å². The fourth-order valence-corrected chi connectivity index (χ4v) is 5.13. The summed E-state index contributed by atoms with van der Waals surface area (Å²) in [6.07, 6.45) is 4.64. The molecule has 0 saturated carbocycles. The lowest BCUT2D eigenvalue weighted by Gasteiger charge is -2.16. The third-order valence-electron chi connectivity index (χ3n) is 5.19. The fraction of sp³-hybridized carbons (Fsp3) is 0.227. The number of nitrogens with zero attached hydrogens (tertiary/aromatic N) is 2. The third kappa shape index (κ3) is 4.97. The molecule has 0 bridgehead atoms. The summed E-state index contributed by atoms with van der Waals surface area (Å²) >= 11 is 2.35. The molecule has 1 heterocycles. The number of aryl methyl sites for hydroxylation is 2. The van der Waals surface area contributed by atoms with Gasteiger partial charge in [-0.05, 0) is 55.0 Å². The highest BCUT2D eigenvalue weighted by atomic mass is 32.2. The Labute approximate surface area is 192 Å². The van der Waals surface area contributed by atoms with Crippen molar-refractivity contribution in [3.05, 3.63) is 68.6 Å². The summed E-state index contributed by atoms with van der Waals surface area (Å²) in [6, 6.07) is 10.4. The number of primary amides is 1. The average Bonchev–Trinajstić information content (AvgIpc) is 3.25. The molecule has 0 atom stereocenters. The molecule has 32 heavy (non-hydrogen) atoms. The zero-order chi connectivity index (χ0) is 22.7. The van der Waals surface area contributed by atoms with Gasteiger partial charge in [-0.15, -0.1) is 23.1 Å². The van der Waals surface area contributed by atoms with Gasteiger partial charge in [0.1, 0.15) is 0 Å². The van der Waals surface area contributed by atoms with Crippen LogP contribution in [-0.4, -0.2) is 27.5 Å². The molecule has 0 saturated heterocycles. The number of carbonyl (C=O) groups excluding carboxylic acids is 2. The maximum absolute atomic E-state index is 12.4. The molecule has 0 fully saturated rings. The second-order valence-electron chi connectivity index (χ2n) is 7.37. The second kappa shape index (κ2) is 9.49. The van der Waals surface area contributed by atoms with Crippen LogP contribution in [-0.2, 0) is 17.6 Å². The summed E-state index contributed by atoms with van der Waals surface area (Å²) in [4.78, 5) is 39.1. The minimum absolute atomic E-state index is 0.0372. The number of nitrogens with two attached hydrogens (primary N) is 1. The number of carbonyl (C=O) groups is 2. The summed E-state index contributed by atoms with van der Waals surface area (Å²) in [7, 11) is 0. The molecule has 164 valence electrons. The molecule has 10 heteroatoms. The van der Waals surface area contributed by atoms with E-state index < -0.39 is 10.8 Å². The first kappa shape index (κ1) is 22.0. The summed E-state index contributed by atoms with van der Waals surface area (Å²) in [5.74, 6) is -1.11. The Morgan fingerprint density at radius 2 is 1.94 bits per heavy atom. The number of nitrogens with one attached hydrogen (secondary N) is 1. The molecule has 2 aromatic carbocycles. The van der Waals surface area contributed by atoms with Gasteiger partial charge in [-0.1, -0.05) is 12.1 Å². The highest BCUT2D eigenvalue weighted by Gasteiger charge is 2.18. The van der Waals surface area contributed by atoms with Crippen molar-refractivity contribution in [2.45, 2.75) is 30.6 Å². The van der Waals surface area contributed by atoms with Crippen molar-refractivity contribution in [3.8, 4) is 11.3 Å². The van der Waals surface area contributed by atoms with Crippen LogP contribution in [0.2, 0.25) is 0 Å². The summed E-state index contributed by atoms with van der Waals surface area (Å²) in [5, 5.41) is 16.4. The molecule has 0 unspecified atom stereocenters. The molecular formula is C22H20N4O4S2. The minimum Gasteiger partial charge on any atom is -0.366 e. The van der Waals surface area contributed by atoms with Crippen molar-refractivity contribution in [3.63, 3.8) is 0 Å². The van der Waals surface area contributed by atoms with Crippen LogP contribution in [0.5, 0.6) is 0 Å². The number of nitro benzene ring substituents is 1. The van der Waals surface area contributed by atoms with Crippen LogP contribution in [0.3, 0.4) is 0 Å². The number of benzene rings is 2. The van der Waals surface area contributed by atoms with Crippen LogP contribution < -0.4 is 11.1 Å². The molecule has 0 radical (unpaired) electrons. The highest BCUT2D eigenvalue weighted by molar-refractivity contribution is 8.00. The minimum atomic E-state index is -0.749. The standard InChI is InChI=1S/C22H20N4O4S2/c23-21(28)16-7-8-19(18(10-16)26(29)30)31-12-20(27)25-22-24-17(11-32-22)15-6-5-13-3-1-2-4-14(13)9-15/h5-11H,1-4,12H2,(H2,23,28)(H,24,25,27). The van der Waals surface area contributed by atoms with Gasteiger partial charge in [0.15, 0.2) is 5.13 Å². The first-order valence-electron chi connectivity index (χ1n) is 9.99. The number of anilines is 1. The van der Waals surface area contributed by atoms with Crippen molar-refractivity contribution < 1.29 is 14.5 Å². The Morgan fingerprint density at radius 3 is 2.69 bits per heavy atom. The van der Waals surface area contributed by atoms with Gasteiger partial charge in [0.25, 0.3) is 5.69 Å². The van der Waals surface area contributed by atoms with Gasteiger partial charge in [-0.25, -0.2) is 4.98 Å². The van der Waals surface area contributed by atoms with E-state index in [-0.39, 0.29) is 27.8 Å². The van der Waals surface area contributed by atoms with Crippen LogP contribution in [0.15, 0.2) is 46.7 Å². The van der Waals surface area contributed by atoms with Crippen molar-refractivity contribution in [2.75, 3.05) is 11.1 Å². The monoisotopic (exact) mass is 468 g/mol. The maximum Gasteiger partial charge on any atom is 0.283 e. The molecule has 8 nitrogen and oxygen atoms in total. The SMILES string of the molecule is NC(=O)c1ccc(SCC(=O)Nc2nc(-c3ccc4c(c3)CCCC4)cs2)c([N+](=O)[O-])c1. The predicted octanol–water partition coefficient (Wildman–Crippen LogP) is 4.43. The molecule has 1 aromatic heterocycles. The number of aromatic nitrogens is 1. The number of hydrogen-bond donors (Lipinski definition) is 2. The molecule has 1 aliphatic rings. The molecule has 0 aliphatic heterocycles. The summed E-state index contributed by atoms with van der Waals surface area (Å²) in [5.41, 5.74) is 9.57. The van der Waals surface area contributed by atoms with Crippen LogP contribution in [0.25, 0.3) is 11.3 Å². The molecule has 2 amide bonds. The van der Waals surface area contributed by atoms with Crippen LogP contribution >= 0.6 is 23.1 Å². The first-order valence-corrected chi connectivity index (χ1v) is 11.9. The number of amides is 2. The average molecular weight is 469 g/mol. The number of hydrogen-bond acceptors (Lipinski definition) is 7. The van der Waals surface area contributed by atoms with Gasteiger partial charge in [0, 0.05) is 22.6 Å². The topological polar surface area (TPSA) is 128 Å². The van der Waals surface area contributed by atoms with Gasteiger partial charge in [0.2, 0.25) is 11.8 Å². The Morgan fingerprint density at radius 1 is 1.16 bits per heavy atom. The zero-order valence-electron chi connectivity index (χ0n) is 17.0. The molecular weight excluding hydrogens is 448 g/mol. The number of thioether (sulfide) groups is 1. The van der Waals surface area contributed by atoms with E-state index in [1.165, 1.54) is 47.4 Å². The van der Waals surface area contributed by atoms with Gasteiger partial charge >= 0.3 is 0 Å². The predicted molar refractivity (Wildman–Crippen MR) is 125 cm³/mol. The molecule has 4 rings (SSSR count). The third-order valence-corrected chi connectivity index (χ3v) is 7.01. The van der Waals surface area contributed by atoms with E-state index in [4.69, 9.17) is 5.73 Å². The number of fused-ring (bicyclic) bond motifs is 1. The summed E-state index contributed by atoms with van der Waals surface area (Å²) < 4.78 is 0. The smallest absolute Gasteiger partial charge is 0.283 e. The van der Waals surface area contributed by atoms with Crippen molar-refractivity contribution in [1.29, 1.82) is 0 Å². The van der Waals surface area contributed by atoms with Crippen LogP contribution in [0.4, 0.5) is 10.8 Å². The number of thiazole rings is 1. The van der Waals surface area contributed by atoms with E-state index in [9.17, 15) is 19.7 Å².